The first-order valence-corrected chi connectivity index (χ1v) is 14.9. The number of imidazole rings is 1. The van der Waals surface area contributed by atoms with E-state index in [4.69, 9.17) is 19.2 Å². The third-order valence-corrected chi connectivity index (χ3v) is 7.97. The quantitative estimate of drug-likeness (QED) is 0.172. The Morgan fingerprint density at radius 2 is 1.73 bits per heavy atom. The van der Waals surface area contributed by atoms with E-state index in [-0.39, 0.29) is 23.8 Å². The van der Waals surface area contributed by atoms with Crippen molar-refractivity contribution in [1.82, 2.24) is 9.55 Å². The summed E-state index contributed by atoms with van der Waals surface area (Å²) in [7, 11) is 1.59. The van der Waals surface area contributed by atoms with Crippen molar-refractivity contribution >= 4 is 22.6 Å². The molecule has 0 saturated carbocycles. The van der Waals surface area contributed by atoms with E-state index in [1.54, 1.807) is 13.2 Å². The first-order valence-electron chi connectivity index (χ1n) is 14.9. The van der Waals surface area contributed by atoms with Gasteiger partial charge in [-0.1, -0.05) is 67.6 Å². The maximum atomic E-state index is 17.0. The molecule has 0 spiro atoms. The maximum Gasteiger partial charge on any atom is 0.224 e. The molecule has 1 fully saturated rings. The zero-order chi connectivity index (χ0) is 30.7. The van der Waals surface area contributed by atoms with Gasteiger partial charge < -0.3 is 24.1 Å². The van der Waals surface area contributed by atoms with Gasteiger partial charge in [0.25, 0.3) is 0 Å². The van der Waals surface area contributed by atoms with Gasteiger partial charge in [-0.15, -0.1) is 0 Å². The van der Waals surface area contributed by atoms with Crippen molar-refractivity contribution in [3.63, 3.8) is 0 Å². The molecule has 5 aromatic rings. The van der Waals surface area contributed by atoms with Crippen molar-refractivity contribution in [2.24, 2.45) is 0 Å². The number of carbonyl (C=O) groups is 1. The number of anilines is 1. The monoisotopic (exact) mass is 593 g/mol. The minimum absolute atomic E-state index is 0.0594. The fraction of sp³-hybridized carbons (Fsp3) is 0.278. The molecular formula is C36H36FN3O4. The molecule has 44 heavy (non-hydrogen) atoms. The van der Waals surface area contributed by atoms with E-state index in [0.29, 0.717) is 54.4 Å². The smallest absolute Gasteiger partial charge is 0.224 e. The fourth-order valence-corrected chi connectivity index (χ4v) is 5.70. The van der Waals surface area contributed by atoms with Crippen LogP contribution in [0.15, 0.2) is 84.9 Å². The number of amides is 1. The van der Waals surface area contributed by atoms with Crippen molar-refractivity contribution in [2.45, 2.75) is 45.3 Å². The number of fused-ring (bicyclic) bond motifs is 1. The molecule has 1 amide bonds. The van der Waals surface area contributed by atoms with Gasteiger partial charge in [-0.3, -0.25) is 4.79 Å². The van der Waals surface area contributed by atoms with Crippen LogP contribution < -0.4 is 14.8 Å². The topological polar surface area (TPSA) is 74.6 Å². The zero-order valence-electron chi connectivity index (χ0n) is 25.2. The van der Waals surface area contributed by atoms with Crippen LogP contribution >= 0.6 is 0 Å². The number of benzene rings is 4. The molecule has 8 heteroatoms. The Morgan fingerprint density at radius 3 is 2.36 bits per heavy atom. The number of ether oxygens (including phenoxy) is 3. The normalized spacial score (nSPS) is 13.8. The number of hydrogen-bond acceptors (Lipinski definition) is 5. The van der Waals surface area contributed by atoms with Gasteiger partial charge in [0, 0.05) is 24.1 Å². The minimum Gasteiger partial charge on any atom is -0.496 e. The Labute approximate surface area is 256 Å². The van der Waals surface area contributed by atoms with Crippen LogP contribution in [-0.4, -0.2) is 35.8 Å². The van der Waals surface area contributed by atoms with Crippen molar-refractivity contribution < 1.29 is 23.4 Å². The van der Waals surface area contributed by atoms with E-state index in [9.17, 15) is 4.79 Å². The van der Waals surface area contributed by atoms with Gasteiger partial charge >= 0.3 is 0 Å². The van der Waals surface area contributed by atoms with Crippen LogP contribution in [0.2, 0.25) is 0 Å². The summed E-state index contributed by atoms with van der Waals surface area (Å²) in [6, 6.07) is 26.9. The molecule has 0 radical (unpaired) electrons. The first-order chi connectivity index (χ1) is 21.4. The number of methoxy groups -OCH3 is 1. The lowest BCUT2D eigenvalue weighted by molar-refractivity contribution is -0.116. The predicted octanol–water partition coefficient (Wildman–Crippen LogP) is 7.50. The minimum atomic E-state index is -0.510. The van der Waals surface area contributed by atoms with Crippen LogP contribution in [0.25, 0.3) is 22.4 Å². The lowest BCUT2D eigenvalue weighted by atomic mass is 9.97. The average Bonchev–Trinajstić information content (AvgIpc) is 3.39. The summed E-state index contributed by atoms with van der Waals surface area (Å²) in [4.78, 5) is 17.3. The van der Waals surface area contributed by atoms with Gasteiger partial charge in [0.2, 0.25) is 5.91 Å². The molecule has 1 saturated heterocycles. The maximum absolute atomic E-state index is 17.0. The number of carbonyl (C=O) groups excluding carboxylic acids is 1. The highest BCUT2D eigenvalue weighted by Crippen LogP contribution is 2.43. The van der Waals surface area contributed by atoms with Crippen LogP contribution in [0.1, 0.15) is 43.4 Å². The summed E-state index contributed by atoms with van der Waals surface area (Å²) in [6.07, 6.45) is 1.61. The van der Waals surface area contributed by atoms with Gasteiger partial charge in [-0.25, -0.2) is 9.37 Å². The summed E-state index contributed by atoms with van der Waals surface area (Å²) in [5.74, 6) is 0.512. The number of nitrogens with zero attached hydrogens (tertiary/aromatic N) is 2. The second kappa shape index (κ2) is 12.5. The lowest BCUT2D eigenvalue weighted by Gasteiger charge is -2.41. The summed E-state index contributed by atoms with van der Waals surface area (Å²) in [6.45, 7) is 5.15. The highest BCUT2D eigenvalue weighted by molar-refractivity contribution is 5.94. The number of nitrogens with one attached hydrogen (secondary N) is 1. The molecule has 4 aromatic carbocycles. The molecule has 0 unspecified atom stereocenters. The Hall–Kier alpha value is -4.69. The highest BCUT2D eigenvalue weighted by atomic mass is 19.1. The van der Waals surface area contributed by atoms with Gasteiger partial charge in [0.05, 0.1) is 42.5 Å². The Kier molecular flexibility index (Phi) is 8.35. The van der Waals surface area contributed by atoms with Crippen LogP contribution in [0.5, 0.6) is 11.5 Å². The summed E-state index contributed by atoms with van der Waals surface area (Å²) in [5.41, 5.74) is 4.48. The first kappa shape index (κ1) is 29.4. The molecule has 2 heterocycles. The number of aromatic nitrogens is 2. The van der Waals surface area contributed by atoms with Crippen LogP contribution in [-0.2, 0) is 28.1 Å². The van der Waals surface area contributed by atoms with Crippen molar-refractivity contribution in [3.05, 3.63) is 107 Å². The molecule has 1 N–H and O–H groups in total. The molecule has 226 valence electrons. The van der Waals surface area contributed by atoms with Crippen LogP contribution in [0.4, 0.5) is 10.1 Å². The molecule has 1 aromatic heterocycles. The second-order valence-corrected chi connectivity index (χ2v) is 11.4. The molecular weight excluding hydrogens is 557 g/mol. The third-order valence-electron chi connectivity index (χ3n) is 7.97. The summed E-state index contributed by atoms with van der Waals surface area (Å²) >= 11 is 0. The number of halogens is 1. The summed E-state index contributed by atoms with van der Waals surface area (Å²) in [5, 5.41) is 2.94. The molecule has 0 bridgehead atoms. The van der Waals surface area contributed by atoms with E-state index >= 15 is 4.39 Å². The van der Waals surface area contributed by atoms with E-state index in [1.807, 2.05) is 90.4 Å². The molecule has 0 aliphatic carbocycles. The largest absolute Gasteiger partial charge is 0.496 e. The Morgan fingerprint density at radius 1 is 1.02 bits per heavy atom. The molecule has 6 rings (SSSR count). The molecule has 7 nitrogen and oxygen atoms in total. The second-order valence-electron chi connectivity index (χ2n) is 11.4. The van der Waals surface area contributed by atoms with Gasteiger partial charge in [-0.2, -0.15) is 0 Å². The Bertz CT molecular complexity index is 1780. The molecule has 1 aliphatic rings. The van der Waals surface area contributed by atoms with E-state index in [2.05, 4.69) is 12.2 Å². The standard InChI is InChI=1S/C36H36FN3O4/c1-4-11-32(41)38-26-16-17-30-29(19-26)39-35(40(30)36(2)22-43-23-36)28-20-31(42-3)27(18-24-12-7-5-8-13-24)34(33(28)37)44-21-25-14-9-6-10-15-25/h5-10,12-17,19-20H,4,11,18,21-23H2,1-3H3,(H,38,41). The van der Waals surface area contributed by atoms with E-state index in [0.717, 1.165) is 23.1 Å². The predicted molar refractivity (Wildman–Crippen MR) is 170 cm³/mol. The van der Waals surface area contributed by atoms with Crippen LogP contribution in [0, 0.1) is 5.82 Å². The van der Waals surface area contributed by atoms with Crippen molar-refractivity contribution in [3.8, 4) is 22.9 Å². The summed E-state index contributed by atoms with van der Waals surface area (Å²) < 4.78 is 36.8. The van der Waals surface area contributed by atoms with Crippen molar-refractivity contribution in [2.75, 3.05) is 25.6 Å². The van der Waals surface area contributed by atoms with Gasteiger partial charge in [0.15, 0.2) is 11.6 Å². The van der Waals surface area contributed by atoms with Crippen molar-refractivity contribution in [1.29, 1.82) is 0 Å². The zero-order valence-corrected chi connectivity index (χ0v) is 25.2. The Balaban J connectivity index is 1.51. The number of rotatable bonds is 11. The van der Waals surface area contributed by atoms with Gasteiger partial charge in [0.1, 0.15) is 18.2 Å². The lowest BCUT2D eigenvalue weighted by Crippen LogP contribution is -2.49. The van der Waals surface area contributed by atoms with Gasteiger partial charge in [-0.05, 0) is 48.7 Å². The molecule has 0 atom stereocenters. The van der Waals surface area contributed by atoms with E-state index in [1.165, 1.54) is 0 Å². The average molecular weight is 594 g/mol. The highest BCUT2D eigenvalue weighted by Gasteiger charge is 2.39. The van der Waals surface area contributed by atoms with Crippen LogP contribution in [0.3, 0.4) is 0 Å². The molecule has 1 aliphatic heterocycles. The van der Waals surface area contributed by atoms with E-state index < -0.39 is 11.4 Å². The SMILES string of the molecule is CCCC(=O)Nc1ccc2c(c1)nc(-c1cc(OC)c(Cc3ccccc3)c(OCc3ccccc3)c1F)n2C1(C)COC1. The third kappa shape index (κ3) is 5.77. The fourth-order valence-electron chi connectivity index (χ4n) is 5.70. The number of hydrogen-bond donors (Lipinski definition) is 1.